The highest BCUT2D eigenvalue weighted by molar-refractivity contribution is 5.82. The van der Waals surface area contributed by atoms with E-state index in [2.05, 4.69) is 31.3 Å². The van der Waals surface area contributed by atoms with Gasteiger partial charge in [0.25, 0.3) is 0 Å². The zero-order valence-electron chi connectivity index (χ0n) is 8.84. The molecule has 0 aromatic carbocycles. The Kier molecular flexibility index (Phi) is 3.11. The first-order chi connectivity index (χ1) is 7.66. The van der Waals surface area contributed by atoms with E-state index in [9.17, 15) is 9.90 Å². The molecular formula is C8H14N6O2. The standard InChI is InChI=1S/C8H14N6O2/c1-4(7-11-13-14-12-7)10-8(16)6-2-5(15)3-9-6/h4-6,9,15H,2-3H2,1H3,(H,10,16)(H,11,12,13,14). The molecular weight excluding hydrogens is 212 g/mol. The predicted octanol–water partition coefficient (Wildman–Crippen LogP) is -1.90. The van der Waals surface area contributed by atoms with E-state index in [1.165, 1.54) is 0 Å². The number of hydrogen-bond donors (Lipinski definition) is 4. The zero-order valence-corrected chi connectivity index (χ0v) is 8.84. The summed E-state index contributed by atoms with van der Waals surface area (Å²) < 4.78 is 0. The lowest BCUT2D eigenvalue weighted by atomic mass is 10.2. The summed E-state index contributed by atoms with van der Waals surface area (Å²) in [7, 11) is 0. The van der Waals surface area contributed by atoms with Crippen LogP contribution in [0.3, 0.4) is 0 Å². The highest BCUT2D eigenvalue weighted by Gasteiger charge is 2.29. The van der Waals surface area contributed by atoms with Crippen molar-refractivity contribution in [3.8, 4) is 0 Å². The number of carbonyl (C=O) groups is 1. The topological polar surface area (TPSA) is 116 Å². The van der Waals surface area contributed by atoms with Gasteiger partial charge in [0, 0.05) is 6.54 Å². The maximum absolute atomic E-state index is 11.7. The lowest BCUT2D eigenvalue weighted by Gasteiger charge is -2.14. The van der Waals surface area contributed by atoms with Crippen LogP contribution < -0.4 is 10.6 Å². The first-order valence-corrected chi connectivity index (χ1v) is 5.12. The van der Waals surface area contributed by atoms with E-state index in [-0.39, 0.29) is 18.0 Å². The van der Waals surface area contributed by atoms with Gasteiger partial charge in [0.05, 0.1) is 18.2 Å². The Hall–Kier alpha value is -1.54. The quantitative estimate of drug-likeness (QED) is 0.478. The molecule has 1 aromatic heterocycles. The Morgan fingerprint density at radius 2 is 2.50 bits per heavy atom. The van der Waals surface area contributed by atoms with Gasteiger partial charge in [-0.1, -0.05) is 5.21 Å². The van der Waals surface area contributed by atoms with E-state index in [0.29, 0.717) is 18.8 Å². The Bertz CT molecular complexity index is 353. The van der Waals surface area contributed by atoms with Gasteiger partial charge in [-0.3, -0.25) is 4.79 Å². The summed E-state index contributed by atoms with van der Waals surface area (Å²) in [5.41, 5.74) is 0. The second-order valence-electron chi connectivity index (χ2n) is 3.85. The molecule has 0 spiro atoms. The molecule has 3 atom stereocenters. The van der Waals surface area contributed by atoms with Crippen LogP contribution in [0.4, 0.5) is 0 Å². The first-order valence-electron chi connectivity index (χ1n) is 5.12. The molecule has 2 heterocycles. The van der Waals surface area contributed by atoms with Crippen molar-refractivity contribution in [2.45, 2.75) is 31.5 Å². The predicted molar refractivity (Wildman–Crippen MR) is 53.1 cm³/mol. The maximum Gasteiger partial charge on any atom is 0.237 e. The maximum atomic E-state index is 11.7. The van der Waals surface area contributed by atoms with Crippen LogP contribution in [0.15, 0.2) is 0 Å². The molecule has 2 rings (SSSR count). The Morgan fingerprint density at radius 1 is 1.69 bits per heavy atom. The van der Waals surface area contributed by atoms with E-state index in [4.69, 9.17) is 0 Å². The second kappa shape index (κ2) is 4.54. The van der Waals surface area contributed by atoms with Crippen molar-refractivity contribution in [3.05, 3.63) is 5.82 Å². The normalized spacial score (nSPS) is 26.6. The number of rotatable bonds is 3. The molecule has 1 aliphatic rings. The number of aliphatic hydroxyl groups is 1. The van der Waals surface area contributed by atoms with E-state index in [0.717, 1.165) is 0 Å². The van der Waals surface area contributed by atoms with Crippen LogP contribution in [0.2, 0.25) is 0 Å². The number of H-pyrrole nitrogens is 1. The number of β-amino-alcohol motifs (C(OH)–C–C–N with tert-alkyl or cyclic N) is 1. The molecule has 88 valence electrons. The van der Waals surface area contributed by atoms with Gasteiger partial charge in [-0.25, -0.2) is 0 Å². The molecule has 1 saturated heterocycles. The number of carbonyl (C=O) groups excluding carboxylic acids is 1. The third-order valence-electron chi connectivity index (χ3n) is 2.53. The van der Waals surface area contributed by atoms with Crippen molar-refractivity contribution in [1.29, 1.82) is 0 Å². The monoisotopic (exact) mass is 226 g/mol. The molecule has 8 nitrogen and oxygen atoms in total. The number of nitrogens with one attached hydrogen (secondary N) is 3. The van der Waals surface area contributed by atoms with Gasteiger partial charge in [0.1, 0.15) is 0 Å². The fourth-order valence-electron chi connectivity index (χ4n) is 1.65. The summed E-state index contributed by atoms with van der Waals surface area (Å²) in [5, 5.41) is 28.3. The van der Waals surface area contributed by atoms with Crippen molar-refractivity contribution < 1.29 is 9.90 Å². The molecule has 0 saturated carbocycles. The summed E-state index contributed by atoms with van der Waals surface area (Å²) in [6.07, 6.45) is -0.0126. The average molecular weight is 226 g/mol. The average Bonchev–Trinajstić information content (AvgIpc) is 2.87. The van der Waals surface area contributed by atoms with E-state index >= 15 is 0 Å². The fourth-order valence-corrected chi connectivity index (χ4v) is 1.65. The van der Waals surface area contributed by atoms with Crippen molar-refractivity contribution in [2.75, 3.05) is 6.54 Å². The summed E-state index contributed by atoms with van der Waals surface area (Å²) in [4.78, 5) is 11.7. The van der Waals surface area contributed by atoms with Gasteiger partial charge < -0.3 is 15.7 Å². The number of amides is 1. The SMILES string of the molecule is CC(NC(=O)C1CC(O)CN1)c1nn[nH]n1. The van der Waals surface area contributed by atoms with Crippen molar-refractivity contribution in [3.63, 3.8) is 0 Å². The molecule has 0 bridgehead atoms. The van der Waals surface area contributed by atoms with Crippen LogP contribution in [-0.4, -0.2) is 50.3 Å². The summed E-state index contributed by atoms with van der Waals surface area (Å²) >= 11 is 0. The number of nitrogens with zero attached hydrogens (tertiary/aromatic N) is 3. The van der Waals surface area contributed by atoms with Gasteiger partial charge in [0.15, 0.2) is 5.82 Å². The van der Waals surface area contributed by atoms with Crippen LogP contribution in [0.25, 0.3) is 0 Å². The summed E-state index contributed by atoms with van der Waals surface area (Å²) in [6, 6.07) is -0.643. The van der Waals surface area contributed by atoms with E-state index in [1.807, 2.05) is 0 Å². The first kappa shape index (κ1) is 11.0. The van der Waals surface area contributed by atoms with Crippen LogP contribution in [0.1, 0.15) is 25.2 Å². The van der Waals surface area contributed by atoms with Crippen molar-refractivity contribution in [1.82, 2.24) is 31.3 Å². The summed E-state index contributed by atoms with van der Waals surface area (Å²) in [6.45, 7) is 2.23. The third kappa shape index (κ3) is 2.34. The highest BCUT2D eigenvalue weighted by atomic mass is 16.3. The van der Waals surface area contributed by atoms with Crippen LogP contribution in [0, 0.1) is 0 Å². The fraction of sp³-hybridized carbons (Fsp3) is 0.750. The van der Waals surface area contributed by atoms with Gasteiger partial charge in [-0.05, 0) is 13.3 Å². The number of aromatic nitrogens is 4. The molecule has 0 radical (unpaired) electrons. The lowest BCUT2D eigenvalue weighted by Crippen LogP contribution is -2.41. The van der Waals surface area contributed by atoms with Gasteiger partial charge in [-0.2, -0.15) is 5.21 Å². The van der Waals surface area contributed by atoms with Gasteiger partial charge in [0.2, 0.25) is 5.91 Å². The third-order valence-corrected chi connectivity index (χ3v) is 2.53. The van der Waals surface area contributed by atoms with E-state index < -0.39 is 6.10 Å². The van der Waals surface area contributed by atoms with Crippen LogP contribution in [0.5, 0.6) is 0 Å². The molecule has 8 heteroatoms. The molecule has 4 N–H and O–H groups in total. The van der Waals surface area contributed by atoms with Crippen LogP contribution in [-0.2, 0) is 4.79 Å². The number of tetrazole rings is 1. The molecule has 1 aromatic rings. The van der Waals surface area contributed by atoms with E-state index in [1.54, 1.807) is 6.92 Å². The molecule has 1 amide bonds. The highest BCUT2D eigenvalue weighted by Crippen LogP contribution is 2.09. The lowest BCUT2D eigenvalue weighted by molar-refractivity contribution is -0.123. The Morgan fingerprint density at radius 3 is 3.06 bits per heavy atom. The minimum atomic E-state index is -0.448. The van der Waals surface area contributed by atoms with Crippen molar-refractivity contribution in [2.24, 2.45) is 0 Å². The molecule has 0 aliphatic carbocycles. The minimum absolute atomic E-state index is 0.158. The Labute approximate surface area is 91.8 Å². The van der Waals surface area contributed by atoms with Gasteiger partial charge in [-0.15, -0.1) is 10.2 Å². The number of aromatic amines is 1. The number of aliphatic hydroxyl groups excluding tert-OH is 1. The summed E-state index contributed by atoms with van der Waals surface area (Å²) in [5.74, 6) is 0.278. The Balaban J connectivity index is 1.88. The second-order valence-corrected chi connectivity index (χ2v) is 3.85. The van der Waals surface area contributed by atoms with Crippen molar-refractivity contribution >= 4 is 5.91 Å². The molecule has 16 heavy (non-hydrogen) atoms. The zero-order chi connectivity index (χ0) is 11.5. The minimum Gasteiger partial charge on any atom is -0.392 e. The smallest absolute Gasteiger partial charge is 0.237 e. The molecule has 1 aliphatic heterocycles. The van der Waals surface area contributed by atoms with Crippen LogP contribution >= 0.6 is 0 Å². The largest absolute Gasteiger partial charge is 0.392 e. The molecule has 1 fully saturated rings. The molecule has 3 unspecified atom stereocenters. The van der Waals surface area contributed by atoms with Gasteiger partial charge >= 0.3 is 0 Å². The number of hydrogen-bond acceptors (Lipinski definition) is 6.